The Bertz CT molecular complexity index is 1140. The highest BCUT2D eigenvalue weighted by Gasteiger charge is 2.47. The predicted octanol–water partition coefficient (Wildman–Crippen LogP) is 5.69. The van der Waals surface area contributed by atoms with Gasteiger partial charge in [0.2, 0.25) is 5.91 Å². The molecule has 0 saturated carbocycles. The molecule has 0 saturated heterocycles. The van der Waals surface area contributed by atoms with Crippen molar-refractivity contribution in [2.24, 2.45) is 0 Å². The van der Waals surface area contributed by atoms with Crippen LogP contribution >= 0.6 is 0 Å². The van der Waals surface area contributed by atoms with Gasteiger partial charge in [0.15, 0.2) is 5.78 Å². The molecule has 1 amide bonds. The van der Waals surface area contributed by atoms with Crippen LogP contribution in [0.15, 0.2) is 121 Å². The smallest absolute Gasteiger partial charge is 0.243 e. The molecule has 31 heavy (non-hydrogen) atoms. The van der Waals surface area contributed by atoms with Crippen molar-refractivity contribution in [1.29, 1.82) is 0 Å². The third kappa shape index (κ3) is 4.31. The summed E-state index contributed by atoms with van der Waals surface area (Å²) in [6, 6.07) is 37.3. The largest absolute Gasteiger partial charge is 0.325 e. The Balaban J connectivity index is 1.89. The molecule has 0 spiro atoms. The van der Waals surface area contributed by atoms with Crippen LogP contribution in [0.1, 0.15) is 21.5 Å². The zero-order valence-corrected chi connectivity index (χ0v) is 17.1. The summed E-state index contributed by atoms with van der Waals surface area (Å²) in [5.41, 5.74) is 1.33. The molecule has 0 aliphatic rings. The maximum absolute atomic E-state index is 14.0. The number of benzene rings is 4. The zero-order chi connectivity index (χ0) is 21.5. The summed E-state index contributed by atoms with van der Waals surface area (Å²) in [5, 5.41) is 2.99. The van der Waals surface area contributed by atoms with Crippen LogP contribution in [0.5, 0.6) is 0 Å². The van der Waals surface area contributed by atoms with E-state index in [0.29, 0.717) is 16.8 Å². The van der Waals surface area contributed by atoms with E-state index in [1.54, 1.807) is 12.1 Å². The molecule has 4 aromatic carbocycles. The summed E-state index contributed by atoms with van der Waals surface area (Å²) in [4.78, 5) is 28.0. The van der Waals surface area contributed by atoms with E-state index in [9.17, 15) is 9.59 Å². The predicted molar refractivity (Wildman–Crippen MR) is 124 cm³/mol. The Morgan fingerprint density at radius 3 is 1.68 bits per heavy atom. The van der Waals surface area contributed by atoms with Crippen LogP contribution in [0.3, 0.4) is 0 Å². The first-order valence-corrected chi connectivity index (χ1v) is 10.3. The van der Waals surface area contributed by atoms with E-state index >= 15 is 0 Å². The van der Waals surface area contributed by atoms with Crippen LogP contribution in [-0.4, -0.2) is 11.7 Å². The first-order valence-electron chi connectivity index (χ1n) is 10.3. The molecule has 152 valence electrons. The van der Waals surface area contributed by atoms with E-state index in [1.165, 1.54) is 0 Å². The van der Waals surface area contributed by atoms with Gasteiger partial charge in [-0.25, -0.2) is 0 Å². The summed E-state index contributed by atoms with van der Waals surface area (Å²) in [5.74, 6) is -0.570. The molecule has 3 nitrogen and oxygen atoms in total. The summed E-state index contributed by atoms with van der Waals surface area (Å²) < 4.78 is 0. The van der Waals surface area contributed by atoms with Crippen LogP contribution in [0.4, 0.5) is 5.69 Å². The fourth-order valence-corrected chi connectivity index (χ4v) is 3.85. The molecule has 0 radical (unpaired) electrons. The maximum Gasteiger partial charge on any atom is 0.243 e. The standard InChI is InChI=1S/C28H23NO2/c30-26(23-15-7-2-8-16-23)28(24-17-9-3-10-18-24,21-22-13-5-1-6-14-22)27(31)29-25-19-11-4-12-20-25/h1-20H,21H2,(H,29,31). The third-order valence-corrected chi connectivity index (χ3v) is 5.42. The molecule has 0 aliphatic carbocycles. The minimum absolute atomic E-state index is 0.225. The van der Waals surface area contributed by atoms with E-state index in [2.05, 4.69) is 5.32 Å². The number of Topliss-reactive ketones (excluding diaryl/α,β-unsaturated/α-hetero) is 1. The summed E-state index contributed by atoms with van der Waals surface area (Å²) in [7, 11) is 0. The molecule has 0 bridgehead atoms. The van der Waals surface area contributed by atoms with Gasteiger partial charge in [-0.1, -0.05) is 109 Å². The Morgan fingerprint density at radius 2 is 1.10 bits per heavy atom. The number of hydrogen-bond donors (Lipinski definition) is 1. The second-order valence-electron chi connectivity index (χ2n) is 7.45. The van der Waals surface area contributed by atoms with Crippen LogP contribution in [-0.2, 0) is 16.6 Å². The highest BCUT2D eigenvalue weighted by atomic mass is 16.2. The summed E-state index contributed by atoms with van der Waals surface area (Å²) in [6.07, 6.45) is 0.254. The number of carbonyl (C=O) groups is 2. The van der Waals surface area contributed by atoms with E-state index in [4.69, 9.17) is 0 Å². The number of hydrogen-bond acceptors (Lipinski definition) is 2. The van der Waals surface area contributed by atoms with Crippen molar-refractivity contribution < 1.29 is 9.59 Å². The fourth-order valence-electron chi connectivity index (χ4n) is 3.85. The molecule has 1 N–H and O–H groups in total. The Kier molecular flexibility index (Phi) is 6.04. The van der Waals surface area contributed by atoms with E-state index in [-0.39, 0.29) is 18.1 Å². The van der Waals surface area contributed by atoms with Gasteiger partial charge in [0.1, 0.15) is 5.41 Å². The van der Waals surface area contributed by atoms with Gasteiger partial charge >= 0.3 is 0 Å². The number of para-hydroxylation sites is 1. The first kappa shape index (κ1) is 20.3. The molecule has 1 atom stereocenters. The zero-order valence-electron chi connectivity index (χ0n) is 17.1. The van der Waals surface area contributed by atoms with Gasteiger partial charge < -0.3 is 5.32 Å². The average molecular weight is 405 g/mol. The monoisotopic (exact) mass is 405 g/mol. The fraction of sp³-hybridized carbons (Fsp3) is 0.0714. The lowest BCUT2D eigenvalue weighted by Gasteiger charge is -2.32. The SMILES string of the molecule is O=C(Nc1ccccc1)C(Cc1ccccc1)(C(=O)c1ccccc1)c1ccccc1. The highest BCUT2D eigenvalue weighted by Crippen LogP contribution is 2.34. The van der Waals surface area contributed by atoms with Crippen LogP contribution in [0.2, 0.25) is 0 Å². The molecule has 1 unspecified atom stereocenters. The Labute approximate surface area is 182 Å². The number of nitrogens with one attached hydrogen (secondary N) is 1. The Morgan fingerprint density at radius 1 is 0.613 bits per heavy atom. The van der Waals surface area contributed by atoms with Crippen molar-refractivity contribution >= 4 is 17.4 Å². The molecule has 4 aromatic rings. The van der Waals surface area contributed by atoms with Crippen molar-refractivity contribution in [1.82, 2.24) is 0 Å². The molecule has 0 fully saturated rings. The molecular weight excluding hydrogens is 382 g/mol. The highest BCUT2D eigenvalue weighted by molar-refractivity contribution is 6.22. The van der Waals surface area contributed by atoms with Gasteiger partial charge in [-0.3, -0.25) is 9.59 Å². The lowest BCUT2D eigenvalue weighted by Crippen LogP contribution is -2.49. The quantitative estimate of drug-likeness (QED) is 0.317. The molecule has 4 rings (SSSR count). The first-order chi connectivity index (χ1) is 15.2. The summed E-state index contributed by atoms with van der Waals surface area (Å²) >= 11 is 0. The van der Waals surface area contributed by atoms with Crippen molar-refractivity contribution in [2.45, 2.75) is 11.8 Å². The number of carbonyl (C=O) groups excluding carboxylic acids is 2. The summed E-state index contributed by atoms with van der Waals surface area (Å²) in [6.45, 7) is 0. The molecule has 0 aromatic heterocycles. The maximum atomic E-state index is 14.0. The average Bonchev–Trinajstić information content (AvgIpc) is 2.84. The number of rotatable bonds is 7. The van der Waals surface area contributed by atoms with Crippen LogP contribution in [0.25, 0.3) is 0 Å². The van der Waals surface area contributed by atoms with Crippen molar-refractivity contribution in [2.75, 3.05) is 5.32 Å². The molecular formula is C28H23NO2. The van der Waals surface area contributed by atoms with Gasteiger partial charge in [-0.15, -0.1) is 0 Å². The van der Waals surface area contributed by atoms with Gasteiger partial charge in [0, 0.05) is 11.3 Å². The normalized spacial score (nSPS) is 12.5. The minimum atomic E-state index is -1.42. The van der Waals surface area contributed by atoms with Gasteiger partial charge in [-0.2, -0.15) is 0 Å². The second kappa shape index (κ2) is 9.23. The lowest BCUT2D eigenvalue weighted by atomic mass is 9.69. The molecule has 3 heteroatoms. The van der Waals surface area contributed by atoms with Crippen LogP contribution < -0.4 is 5.32 Å². The number of ketones is 1. The van der Waals surface area contributed by atoms with Crippen molar-refractivity contribution in [3.63, 3.8) is 0 Å². The number of amides is 1. The van der Waals surface area contributed by atoms with E-state index in [1.807, 2.05) is 109 Å². The van der Waals surface area contributed by atoms with Crippen molar-refractivity contribution in [3.05, 3.63) is 138 Å². The third-order valence-electron chi connectivity index (χ3n) is 5.42. The minimum Gasteiger partial charge on any atom is -0.325 e. The lowest BCUT2D eigenvalue weighted by molar-refractivity contribution is -0.120. The van der Waals surface area contributed by atoms with Gasteiger partial charge in [0.05, 0.1) is 0 Å². The van der Waals surface area contributed by atoms with Gasteiger partial charge in [-0.05, 0) is 29.7 Å². The van der Waals surface area contributed by atoms with E-state index < -0.39 is 5.41 Å². The molecule has 0 heterocycles. The Hall–Kier alpha value is -3.98. The molecule has 0 aliphatic heterocycles. The topological polar surface area (TPSA) is 46.2 Å². The van der Waals surface area contributed by atoms with Crippen molar-refractivity contribution in [3.8, 4) is 0 Å². The second-order valence-corrected chi connectivity index (χ2v) is 7.45. The number of anilines is 1. The van der Waals surface area contributed by atoms with Crippen LogP contribution in [0, 0.1) is 0 Å². The van der Waals surface area contributed by atoms with E-state index in [0.717, 1.165) is 5.56 Å². The van der Waals surface area contributed by atoms with Gasteiger partial charge in [0.25, 0.3) is 0 Å².